The highest BCUT2D eigenvalue weighted by atomic mass is 16.2. The van der Waals surface area contributed by atoms with Gasteiger partial charge in [-0.05, 0) is 0 Å². The van der Waals surface area contributed by atoms with E-state index < -0.39 is 0 Å². The fourth-order valence-corrected chi connectivity index (χ4v) is 0.250. The first-order chi connectivity index (χ1) is 5.41. The summed E-state index contributed by atoms with van der Waals surface area (Å²) < 4.78 is 0. The molecule has 1 fully saturated rings. The average Bonchev–Trinajstić information content (AvgIpc) is 1.93. The van der Waals surface area contributed by atoms with Crippen molar-refractivity contribution in [3.05, 3.63) is 0 Å². The Balaban J connectivity index is -0.0000000835. The maximum Gasteiger partial charge on any atom is 0.0319 e. The van der Waals surface area contributed by atoms with Crippen LogP contribution in [0.15, 0.2) is 0 Å². The summed E-state index contributed by atoms with van der Waals surface area (Å²) in [5.41, 5.74) is 0. The van der Waals surface area contributed by atoms with Crippen molar-refractivity contribution in [1.29, 1.82) is 0 Å². The minimum Gasteiger partial charge on any atom is -0.400 e. The Hall–Kier alpha value is -0.0400. The summed E-state index contributed by atoms with van der Waals surface area (Å²) >= 11 is 0. The average molecular weight is 162 g/mol. The van der Waals surface area contributed by atoms with E-state index in [1.165, 1.54) is 32.1 Å². The first-order valence-electron chi connectivity index (χ1n) is 4.86. The van der Waals surface area contributed by atoms with Gasteiger partial charge in [-0.25, -0.2) is 0 Å². The zero-order chi connectivity index (χ0) is 9.54. The predicted octanol–water partition coefficient (Wildman–Crippen LogP) is 3.61. The molecule has 1 heteroatoms. The smallest absolute Gasteiger partial charge is 0.0319 e. The minimum absolute atomic E-state index is 1.00. The normalized spacial score (nSPS) is 11.5. The van der Waals surface area contributed by atoms with E-state index in [2.05, 4.69) is 13.8 Å². The van der Waals surface area contributed by atoms with E-state index in [-0.39, 0.29) is 0 Å². The second kappa shape index (κ2) is 32.5. The number of aliphatic hydroxyl groups is 1. The lowest BCUT2D eigenvalue weighted by molar-refractivity contribution is 0.399. The SMILES string of the molecule is C1CCC1.CC.CCC.CO. The maximum absolute atomic E-state index is 7.00. The van der Waals surface area contributed by atoms with Crippen LogP contribution in [0, 0.1) is 0 Å². The molecule has 0 unspecified atom stereocenters. The Bertz CT molecular complexity index is 20.1. The summed E-state index contributed by atoms with van der Waals surface area (Å²) in [6, 6.07) is 0. The number of hydrogen-bond acceptors (Lipinski definition) is 1. The van der Waals surface area contributed by atoms with Gasteiger partial charge in [0.2, 0.25) is 0 Å². The van der Waals surface area contributed by atoms with Gasteiger partial charge in [-0.15, -0.1) is 0 Å². The molecule has 1 aliphatic carbocycles. The molecule has 0 radical (unpaired) electrons. The van der Waals surface area contributed by atoms with Gasteiger partial charge in [0.1, 0.15) is 0 Å². The standard InChI is InChI=1S/C4H8.C3H8.C2H6.CH4O/c1-2-4-3-1;1-3-2;2*1-2/h1-4H2;3H2,1-2H3;1-2H3;2H,1H3. The highest BCUT2D eigenvalue weighted by Gasteiger charge is 1.95. The van der Waals surface area contributed by atoms with Gasteiger partial charge >= 0.3 is 0 Å². The third-order valence-electron chi connectivity index (χ3n) is 1.000. The number of rotatable bonds is 0. The van der Waals surface area contributed by atoms with Gasteiger partial charge in [-0.3, -0.25) is 0 Å². The van der Waals surface area contributed by atoms with E-state index in [0.717, 1.165) is 7.11 Å². The second-order valence-electron chi connectivity index (χ2n) is 2.12. The molecular formula is C10H26O. The fraction of sp³-hybridized carbons (Fsp3) is 1.00. The molecule has 0 heterocycles. The van der Waals surface area contributed by atoms with Crippen LogP contribution in [0.5, 0.6) is 0 Å². The van der Waals surface area contributed by atoms with Crippen molar-refractivity contribution in [2.24, 2.45) is 0 Å². The lowest BCUT2D eigenvalue weighted by atomic mass is 10.0. The van der Waals surface area contributed by atoms with Crippen molar-refractivity contribution < 1.29 is 5.11 Å². The molecule has 0 bridgehead atoms. The molecular weight excluding hydrogens is 136 g/mol. The monoisotopic (exact) mass is 162 g/mol. The largest absolute Gasteiger partial charge is 0.400 e. The molecule has 11 heavy (non-hydrogen) atoms. The van der Waals surface area contributed by atoms with E-state index in [1.807, 2.05) is 13.8 Å². The molecule has 0 saturated heterocycles. The highest BCUT2D eigenvalue weighted by Crippen LogP contribution is 2.15. The molecule has 0 amide bonds. The van der Waals surface area contributed by atoms with E-state index in [1.54, 1.807) is 0 Å². The first kappa shape index (κ1) is 17.2. The lowest BCUT2D eigenvalue weighted by Crippen LogP contribution is -1.85. The summed E-state index contributed by atoms with van der Waals surface area (Å²) in [4.78, 5) is 0. The summed E-state index contributed by atoms with van der Waals surface area (Å²) in [5, 5.41) is 7.00. The zero-order valence-corrected chi connectivity index (χ0v) is 8.98. The topological polar surface area (TPSA) is 20.2 Å². The van der Waals surface area contributed by atoms with Crippen molar-refractivity contribution in [3.8, 4) is 0 Å². The molecule has 1 nitrogen and oxygen atoms in total. The third kappa shape index (κ3) is 40.2. The van der Waals surface area contributed by atoms with Crippen LogP contribution in [-0.2, 0) is 0 Å². The lowest BCUT2D eigenvalue weighted by Gasteiger charge is -2.05. The van der Waals surface area contributed by atoms with Crippen LogP contribution in [0.2, 0.25) is 0 Å². The van der Waals surface area contributed by atoms with Crippen molar-refractivity contribution in [3.63, 3.8) is 0 Å². The van der Waals surface area contributed by atoms with E-state index in [4.69, 9.17) is 5.11 Å². The molecule has 72 valence electrons. The summed E-state index contributed by atoms with van der Waals surface area (Å²) in [7, 11) is 1.00. The zero-order valence-electron chi connectivity index (χ0n) is 8.98. The van der Waals surface area contributed by atoms with Crippen molar-refractivity contribution in [1.82, 2.24) is 0 Å². The summed E-state index contributed by atoms with van der Waals surface area (Å²) in [5.74, 6) is 0. The van der Waals surface area contributed by atoms with Gasteiger partial charge < -0.3 is 5.11 Å². The molecule has 1 saturated carbocycles. The van der Waals surface area contributed by atoms with Crippen LogP contribution in [0.1, 0.15) is 59.8 Å². The second-order valence-corrected chi connectivity index (χ2v) is 2.12. The van der Waals surface area contributed by atoms with Crippen molar-refractivity contribution in [2.75, 3.05) is 7.11 Å². The molecule has 0 aliphatic heterocycles. The van der Waals surface area contributed by atoms with Crippen LogP contribution < -0.4 is 0 Å². The number of hydrogen-bond donors (Lipinski definition) is 1. The Morgan fingerprint density at radius 3 is 0.909 bits per heavy atom. The van der Waals surface area contributed by atoms with Crippen LogP contribution in [0.3, 0.4) is 0 Å². The van der Waals surface area contributed by atoms with E-state index in [9.17, 15) is 0 Å². The molecule has 0 aromatic carbocycles. The van der Waals surface area contributed by atoms with Crippen LogP contribution in [0.4, 0.5) is 0 Å². The van der Waals surface area contributed by atoms with Gasteiger partial charge in [0.05, 0.1) is 0 Å². The van der Waals surface area contributed by atoms with E-state index >= 15 is 0 Å². The van der Waals surface area contributed by atoms with Crippen molar-refractivity contribution >= 4 is 0 Å². The summed E-state index contributed by atoms with van der Waals surface area (Å²) in [6.07, 6.45) is 7.25. The first-order valence-corrected chi connectivity index (χ1v) is 4.86. The van der Waals surface area contributed by atoms with E-state index in [0.29, 0.717) is 0 Å². The Morgan fingerprint density at radius 1 is 0.818 bits per heavy atom. The molecule has 0 aromatic heterocycles. The van der Waals surface area contributed by atoms with Gasteiger partial charge in [0.25, 0.3) is 0 Å². The number of aliphatic hydroxyl groups excluding tert-OH is 1. The molecule has 1 aliphatic rings. The van der Waals surface area contributed by atoms with Gasteiger partial charge in [-0.1, -0.05) is 59.8 Å². The summed E-state index contributed by atoms with van der Waals surface area (Å²) in [6.45, 7) is 8.25. The minimum atomic E-state index is 1.00. The fourth-order valence-electron chi connectivity index (χ4n) is 0.250. The van der Waals surface area contributed by atoms with Crippen LogP contribution in [0.25, 0.3) is 0 Å². The van der Waals surface area contributed by atoms with Gasteiger partial charge in [-0.2, -0.15) is 0 Å². The van der Waals surface area contributed by atoms with Crippen LogP contribution >= 0.6 is 0 Å². The molecule has 0 atom stereocenters. The molecule has 1 rings (SSSR count). The third-order valence-corrected chi connectivity index (χ3v) is 1.000. The quantitative estimate of drug-likeness (QED) is 0.577. The Morgan fingerprint density at radius 2 is 0.909 bits per heavy atom. The predicted molar refractivity (Wildman–Crippen MR) is 53.9 cm³/mol. The molecule has 0 aromatic rings. The van der Waals surface area contributed by atoms with Gasteiger partial charge in [0, 0.05) is 7.11 Å². The molecule has 1 N–H and O–H groups in total. The Kier molecular flexibility index (Phi) is 50.7. The van der Waals surface area contributed by atoms with Crippen molar-refractivity contribution in [2.45, 2.75) is 59.8 Å². The highest BCUT2D eigenvalue weighted by molar-refractivity contribution is 4.50. The van der Waals surface area contributed by atoms with Gasteiger partial charge in [0.15, 0.2) is 0 Å². The Labute approximate surface area is 72.8 Å². The maximum atomic E-state index is 7.00. The van der Waals surface area contributed by atoms with Crippen LogP contribution in [-0.4, -0.2) is 12.2 Å². The molecule has 0 spiro atoms.